The number of nitrogens with zero attached hydrogens (tertiary/aromatic N) is 3. The van der Waals surface area contributed by atoms with Crippen molar-refractivity contribution in [2.45, 2.75) is 13.5 Å². The first-order valence-electron chi connectivity index (χ1n) is 5.24. The summed E-state index contributed by atoms with van der Waals surface area (Å²) in [6, 6.07) is 1.88. The van der Waals surface area contributed by atoms with Crippen LogP contribution in [0, 0.1) is 6.92 Å². The molecule has 0 atom stereocenters. The normalized spacial score (nSPS) is 11.2. The molecule has 0 aromatic carbocycles. The number of hydrogen-bond donors (Lipinski definition) is 2. The topological polar surface area (TPSA) is 80.5 Å². The van der Waals surface area contributed by atoms with Crippen LogP contribution in [0.15, 0.2) is 18.5 Å². The van der Waals surface area contributed by atoms with Crippen LogP contribution in [-0.4, -0.2) is 19.9 Å². The van der Waals surface area contributed by atoms with Crippen LogP contribution in [0.5, 0.6) is 0 Å². The zero-order chi connectivity index (χ0) is 11.8. The molecule has 0 unspecified atom stereocenters. The van der Waals surface area contributed by atoms with Crippen LogP contribution in [-0.2, 0) is 6.54 Å². The Kier molecular flexibility index (Phi) is 2.38. The molecule has 0 fully saturated rings. The number of rotatable bonds is 2. The van der Waals surface area contributed by atoms with Gasteiger partial charge >= 0.3 is 0 Å². The number of thiazole rings is 1. The maximum absolute atomic E-state index is 5.59. The van der Waals surface area contributed by atoms with Gasteiger partial charge in [0.1, 0.15) is 5.01 Å². The molecule has 0 aliphatic rings. The number of aryl methyl sites for hydroxylation is 1. The smallest absolute Gasteiger partial charge is 0.150 e. The number of aromatic amines is 1. The van der Waals surface area contributed by atoms with Gasteiger partial charge in [-0.3, -0.25) is 4.98 Å². The molecular formula is C11H11N5S. The first kappa shape index (κ1) is 10.4. The summed E-state index contributed by atoms with van der Waals surface area (Å²) in [5, 5.41) is 0.927. The lowest BCUT2D eigenvalue weighted by atomic mass is 10.4. The Balaban J connectivity index is 2.16. The SMILES string of the molecule is Cc1nc(CN)sc1-c1nc2ccncc2[nH]1. The summed E-state index contributed by atoms with van der Waals surface area (Å²) in [6.07, 6.45) is 3.50. The van der Waals surface area contributed by atoms with Gasteiger partial charge in [-0.15, -0.1) is 11.3 Å². The summed E-state index contributed by atoms with van der Waals surface area (Å²) in [5.41, 5.74) is 8.40. The van der Waals surface area contributed by atoms with E-state index in [9.17, 15) is 0 Å². The van der Waals surface area contributed by atoms with Crippen LogP contribution >= 0.6 is 11.3 Å². The Hall–Kier alpha value is -1.79. The highest BCUT2D eigenvalue weighted by Gasteiger charge is 2.12. The lowest BCUT2D eigenvalue weighted by Gasteiger charge is -1.90. The van der Waals surface area contributed by atoms with E-state index in [1.807, 2.05) is 13.0 Å². The van der Waals surface area contributed by atoms with Crippen LogP contribution in [0.4, 0.5) is 0 Å². The number of nitrogens with two attached hydrogens (primary N) is 1. The number of fused-ring (bicyclic) bond motifs is 1. The van der Waals surface area contributed by atoms with E-state index in [4.69, 9.17) is 5.73 Å². The minimum absolute atomic E-state index is 0.466. The van der Waals surface area contributed by atoms with Crippen molar-refractivity contribution < 1.29 is 0 Å². The van der Waals surface area contributed by atoms with E-state index in [1.165, 1.54) is 0 Å². The average molecular weight is 245 g/mol. The van der Waals surface area contributed by atoms with Crippen molar-refractivity contribution in [2.24, 2.45) is 5.73 Å². The van der Waals surface area contributed by atoms with Crippen molar-refractivity contribution in [2.75, 3.05) is 0 Å². The average Bonchev–Trinajstić information content (AvgIpc) is 2.91. The molecule has 0 amide bonds. The maximum Gasteiger partial charge on any atom is 0.150 e. The van der Waals surface area contributed by atoms with Gasteiger partial charge in [0.15, 0.2) is 5.82 Å². The minimum atomic E-state index is 0.466. The van der Waals surface area contributed by atoms with Crippen LogP contribution in [0.1, 0.15) is 10.7 Å². The van der Waals surface area contributed by atoms with Crippen molar-refractivity contribution in [3.63, 3.8) is 0 Å². The number of hydrogen-bond acceptors (Lipinski definition) is 5. The maximum atomic E-state index is 5.59. The van der Waals surface area contributed by atoms with Gasteiger partial charge in [0.05, 0.1) is 27.8 Å². The molecule has 0 saturated heterocycles. The molecule has 3 N–H and O–H groups in total. The van der Waals surface area contributed by atoms with Crippen LogP contribution in [0.3, 0.4) is 0 Å². The van der Waals surface area contributed by atoms with Gasteiger partial charge in [-0.25, -0.2) is 9.97 Å². The van der Waals surface area contributed by atoms with Gasteiger partial charge in [-0.1, -0.05) is 0 Å². The molecule has 0 spiro atoms. The Morgan fingerprint density at radius 1 is 1.41 bits per heavy atom. The summed E-state index contributed by atoms with van der Waals surface area (Å²) < 4.78 is 0. The van der Waals surface area contributed by atoms with Crippen LogP contribution in [0.2, 0.25) is 0 Å². The first-order chi connectivity index (χ1) is 8.28. The molecule has 0 radical (unpaired) electrons. The molecule has 0 aliphatic heterocycles. The van der Waals surface area contributed by atoms with Crippen molar-refractivity contribution >= 4 is 22.4 Å². The highest BCUT2D eigenvalue weighted by Crippen LogP contribution is 2.28. The summed E-state index contributed by atoms with van der Waals surface area (Å²) in [5.74, 6) is 0.836. The van der Waals surface area contributed by atoms with Gasteiger partial charge < -0.3 is 10.7 Å². The van der Waals surface area contributed by atoms with Crippen molar-refractivity contribution in [1.82, 2.24) is 19.9 Å². The zero-order valence-electron chi connectivity index (χ0n) is 9.27. The lowest BCUT2D eigenvalue weighted by molar-refractivity contribution is 1.02. The van der Waals surface area contributed by atoms with Gasteiger partial charge in [-0.05, 0) is 13.0 Å². The predicted molar refractivity (Wildman–Crippen MR) is 67.6 cm³/mol. The third-order valence-electron chi connectivity index (χ3n) is 2.51. The third-order valence-corrected chi connectivity index (χ3v) is 3.70. The molecule has 17 heavy (non-hydrogen) atoms. The largest absolute Gasteiger partial charge is 0.336 e. The van der Waals surface area contributed by atoms with Gasteiger partial charge in [0, 0.05) is 12.7 Å². The number of imidazole rings is 1. The van der Waals surface area contributed by atoms with Crippen molar-refractivity contribution in [3.05, 3.63) is 29.2 Å². The molecular weight excluding hydrogens is 234 g/mol. The lowest BCUT2D eigenvalue weighted by Crippen LogP contribution is -1.94. The summed E-state index contributed by atoms with van der Waals surface area (Å²) in [4.78, 5) is 17.3. The fourth-order valence-electron chi connectivity index (χ4n) is 1.72. The molecule has 0 saturated carbocycles. The Bertz CT molecular complexity index is 636. The zero-order valence-corrected chi connectivity index (χ0v) is 10.1. The van der Waals surface area contributed by atoms with E-state index in [0.29, 0.717) is 6.54 Å². The van der Waals surface area contributed by atoms with E-state index >= 15 is 0 Å². The standard InChI is InChI=1S/C11H11N5S/c1-6-10(17-9(4-12)14-6)11-15-7-2-3-13-5-8(7)16-11/h2-3,5H,4,12H2,1H3,(H,15,16). The van der Waals surface area contributed by atoms with Gasteiger partial charge in [-0.2, -0.15) is 0 Å². The van der Waals surface area contributed by atoms with E-state index in [0.717, 1.165) is 32.4 Å². The van der Waals surface area contributed by atoms with Crippen molar-refractivity contribution in [1.29, 1.82) is 0 Å². The molecule has 3 aromatic heterocycles. The molecule has 3 rings (SSSR count). The number of H-pyrrole nitrogens is 1. The van der Waals surface area contributed by atoms with Crippen LogP contribution < -0.4 is 5.73 Å². The number of nitrogens with one attached hydrogen (secondary N) is 1. The molecule has 0 aliphatic carbocycles. The van der Waals surface area contributed by atoms with E-state index in [-0.39, 0.29) is 0 Å². The quantitative estimate of drug-likeness (QED) is 0.722. The predicted octanol–water partition coefficient (Wildman–Crippen LogP) is 1.85. The van der Waals surface area contributed by atoms with E-state index < -0.39 is 0 Å². The Morgan fingerprint density at radius 2 is 2.29 bits per heavy atom. The summed E-state index contributed by atoms with van der Waals surface area (Å²) >= 11 is 1.58. The second kappa shape index (κ2) is 3.90. The van der Waals surface area contributed by atoms with Gasteiger partial charge in [0.2, 0.25) is 0 Å². The highest BCUT2D eigenvalue weighted by molar-refractivity contribution is 7.15. The Labute approximate surface area is 102 Å². The summed E-state index contributed by atoms with van der Waals surface area (Å²) in [6.45, 7) is 2.43. The monoisotopic (exact) mass is 245 g/mol. The van der Waals surface area contributed by atoms with E-state index in [2.05, 4.69) is 19.9 Å². The van der Waals surface area contributed by atoms with Crippen molar-refractivity contribution in [3.8, 4) is 10.7 Å². The fourth-order valence-corrected chi connectivity index (χ4v) is 2.61. The molecule has 3 aromatic rings. The second-order valence-corrected chi connectivity index (χ2v) is 4.79. The minimum Gasteiger partial charge on any atom is -0.336 e. The Morgan fingerprint density at radius 3 is 3.00 bits per heavy atom. The summed E-state index contributed by atoms with van der Waals surface area (Å²) in [7, 11) is 0. The highest BCUT2D eigenvalue weighted by atomic mass is 32.1. The third kappa shape index (κ3) is 1.71. The van der Waals surface area contributed by atoms with E-state index in [1.54, 1.807) is 23.7 Å². The first-order valence-corrected chi connectivity index (χ1v) is 6.06. The molecule has 3 heterocycles. The molecule has 86 valence electrons. The molecule has 6 heteroatoms. The molecule has 0 bridgehead atoms. The second-order valence-electron chi connectivity index (χ2n) is 3.70. The number of pyridine rings is 1. The fraction of sp³-hybridized carbons (Fsp3) is 0.182. The van der Waals surface area contributed by atoms with Crippen LogP contribution in [0.25, 0.3) is 21.7 Å². The van der Waals surface area contributed by atoms with Gasteiger partial charge in [0.25, 0.3) is 0 Å². The molecule has 5 nitrogen and oxygen atoms in total. The number of aromatic nitrogens is 4.